The number of esters is 1. The van der Waals surface area contributed by atoms with Crippen LogP contribution in [0.2, 0.25) is 0 Å². The van der Waals surface area contributed by atoms with Gasteiger partial charge in [0.05, 0.1) is 8.48 Å². The van der Waals surface area contributed by atoms with E-state index in [-0.39, 0.29) is 6.42 Å². The number of aromatic nitrogens is 1. The standard InChI is InChI=1S/C23H25N3O4/c1-15(27)25-20(13-17-14-24-19-11-7-6-10-18(17)19)22(28)26-21(23(29)30-2)12-16-8-4-3-5-9-16/h3-11,14,20-21,24H,12-13H2,1-2H3,(H,25,27)(H,26,28)/t20-,21-/m0/s1/i13D,20D/t13-,20-,21-. The average Bonchev–Trinajstić information content (AvgIpc) is 3.21. The van der Waals surface area contributed by atoms with Gasteiger partial charge in [-0.15, -0.1) is 0 Å². The van der Waals surface area contributed by atoms with Crippen LogP contribution in [-0.4, -0.2) is 41.9 Å². The van der Waals surface area contributed by atoms with Gasteiger partial charge in [0, 0.05) is 38.2 Å². The highest BCUT2D eigenvalue weighted by atomic mass is 16.5. The Morgan fingerprint density at radius 3 is 2.50 bits per heavy atom. The van der Waals surface area contributed by atoms with E-state index in [4.69, 9.17) is 7.48 Å². The molecule has 30 heavy (non-hydrogen) atoms. The van der Waals surface area contributed by atoms with Gasteiger partial charge in [-0.2, -0.15) is 0 Å². The fourth-order valence-electron chi connectivity index (χ4n) is 3.14. The van der Waals surface area contributed by atoms with Gasteiger partial charge in [0.1, 0.15) is 12.1 Å². The molecule has 2 aromatic carbocycles. The van der Waals surface area contributed by atoms with Crippen molar-refractivity contribution in [3.05, 3.63) is 71.9 Å². The minimum Gasteiger partial charge on any atom is -0.467 e. The zero-order valence-electron chi connectivity index (χ0n) is 18.8. The summed E-state index contributed by atoms with van der Waals surface area (Å²) in [5.74, 6) is -2.32. The predicted molar refractivity (Wildman–Crippen MR) is 114 cm³/mol. The SMILES string of the molecule is [2H][C@@H](c1c[nH]c2ccccc12)[C@]([2H])(NC(C)=O)C(=O)N[C@@H](Cc1ccccc1)C(=O)OC. The van der Waals surface area contributed by atoms with Crippen LogP contribution in [-0.2, 0) is 31.9 Å². The molecule has 7 nitrogen and oxygen atoms in total. The van der Waals surface area contributed by atoms with Crippen molar-refractivity contribution in [3.8, 4) is 0 Å². The molecule has 0 radical (unpaired) electrons. The molecule has 0 unspecified atom stereocenters. The lowest BCUT2D eigenvalue weighted by Crippen LogP contribution is -2.53. The molecule has 0 saturated heterocycles. The van der Waals surface area contributed by atoms with Crippen LogP contribution in [0.25, 0.3) is 10.9 Å². The predicted octanol–water partition coefficient (Wildman–Crippen LogP) is 2.12. The fourth-order valence-corrected chi connectivity index (χ4v) is 3.14. The molecule has 156 valence electrons. The molecule has 3 aromatic rings. The third-order valence-corrected chi connectivity index (χ3v) is 4.55. The van der Waals surface area contributed by atoms with Crippen LogP contribution >= 0.6 is 0 Å². The zero-order valence-corrected chi connectivity index (χ0v) is 16.8. The molecule has 3 N–H and O–H groups in total. The highest BCUT2D eigenvalue weighted by Crippen LogP contribution is 2.19. The largest absolute Gasteiger partial charge is 0.467 e. The molecule has 0 saturated carbocycles. The lowest BCUT2D eigenvalue weighted by atomic mass is 10.0. The van der Waals surface area contributed by atoms with Crippen LogP contribution in [0.5, 0.6) is 0 Å². The molecule has 1 heterocycles. The number of carbonyl (C=O) groups is 3. The van der Waals surface area contributed by atoms with Crippen molar-refractivity contribution in [2.45, 2.75) is 31.8 Å². The van der Waals surface area contributed by atoms with Crippen molar-refractivity contribution in [3.63, 3.8) is 0 Å². The molecular weight excluding hydrogens is 382 g/mol. The number of H-pyrrole nitrogens is 1. The first-order valence-corrected chi connectivity index (χ1v) is 9.46. The van der Waals surface area contributed by atoms with E-state index < -0.39 is 36.2 Å². The summed E-state index contributed by atoms with van der Waals surface area (Å²) in [5, 5.41) is 5.47. The third kappa shape index (κ3) is 5.26. The van der Waals surface area contributed by atoms with Gasteiger partial charge in [-0.25, -0.2) is 4.79 Å². The van der Waals surface area contributed by atoms with E-state index in [1.807, 2.05) is 18.2 Å². The van der Waals surface area contributed by atoms with E-state index >= 15 is 0 Å². The summed E-state index contributed by atoms with van der Waals surface area (Å²) in [7, 11) is 1.20. The summed E-state index contributed by atoms with van der Waals surface area (Å²) < 4.78 is 22.3. The second kappa shape index (κ2) is 9.73. The van der Waals surface area contributed by atoms with Crippen molar-refractivity contribution < 1.29 is 21.9 Å². The molecule has 0 aliphatic carbocycles. The highest BCUT2D eigenvalue weighted by Gasteiger charge is 2.27. The normalized spacial score (nSPS) is 15.8. The minimum atomic E-state index is -2.39. The molecule has 2 amide bonds. The Kier molecular flexibility index (Phi) is 5.98. The highest BCUT2D eigenvalue weighted by molar-refractivity contribution is 5.91. The first kappa shape index (κ1) is 18.4. The quantitative estimate of drug-likeness (QED) is 0.496. The van der Waals surface area contributed by atoms with Crippen molar-refractivity contribution >= 4 is 28.7 Å². The summed E-state index contributed by atoms with van der Waals surface area (Å²) in [6, 6.07) is 12.7. The Morgan fingerprint density at radius 1 is 1.10 bits per heavy atom. The van der Waals surface area contributed by atoms with Crippen molar-refractivity contribution in [1.29, 1.82) is 0 Å². The van der Waals surface area contributed by atoms with Gasteiger partial charge in [0.2, 0.25) is 11.8 Å². The van der Waals surface area contributed by atoms with Crippen LogP contribution in [0, 0.1) is 0 Å². The zero-order chi connectivity index (χ0) is 23.3. The van der Waals surface area contributed by atoms with Crippen LogP contribution in [0.15, 0.2) is 60.8 Å². The molecule has 0 spiro atoms. The number of benzene rings is 2. The minimum absolute atomic E-state index is 0.130. The third-order valence-electron chi connectivity index (χ3n) is 4.55. The lowest BCUT2D eigenvalue weighted by Gasteiger charge is -2.22. The van der Waals surface area contributed by atoms with Crippen LogP contribution in [0.3, 0.4) is 0 Å². The second-order valence-electron chi connectivity index (χ2n) is 6.77. The van der Waals surface area contributed by atoms with Gasteiger partial charge in [0.25, 0.3) is 0 Å². The van der Waals surface area contributed by atoms with E-state index in [1.165, 1.54) is 14.0 Å². The number of ether oxygens (including phenoxy) is 1. The maximum atomic E-state index is 13.2. The molecule has 0 bridgehead atoms. The Labute approximate surface area is 177 Å². The van der Waals surface area contributed by atoms with Gasteiger partial charge in [-0.3, -0.25) is 9.59 Å². The lowest BCUT2D eigenvalue weighted by molar-refractivity contribution is -0.145. The number of rotatable bonds is 8. The first-order chi connectivity index (χ1) is 15.3. The monoisotopic (exact) mass is 409 g/mol. The fraction of sp³-hybridized carbons (Fsp3) is 0.261. The van der Waals surface area contributed by atoms with Gasteiger partial charge in [-0.05, 0) is 17.2 Å². The van der Waals surface area contributed by atoms with Crippen LogP contribution in [0.1, 0.15) is 20.8 Å². The molecule has 3 atom stereocenters. The summed E-state index contributed by atoms with van der Waals surface area (Å²) in [6.07, 6.45) is 0.200. The topological polar surface area (TPSA) is 100 Å². The van der Waals surface area contributed by atoms with E-state index in [2.05, 4.69) is 15.6 Å². The Balaban J connectivity index is 1.93. The molecule has 3 rings (SSSR count). The number of aromatic amines is 1. The molecule has 7 heteroatoms. The number of fused-ring (bicyclic) bond motifs is 1. The Hall–Kier alpha value is -3.61. The van der Waals surface area contributed by atoms with E-state index in [1.54, 1.807) is 42.6 Å². The number of hydrogen-bond donors (Lipinski definition) is 3. The van der Waals surface area contributed by atoms with E-state index in [0.29, 0.717) is 10.9 Å². The number of methoxy groups -OCH3 is 1. The second-order valence-corrected chi connectivity index (χ2v) is 6.77. The number of amides is 2. The Morgan fingerprint density at radius 2 is 1.80 bits per heavy atom. The summed E-state index contributed by atoms with van der Waals surface area (Å²) in [6.45, 7) is 1.17. The van der Waals surface area contributed by atoms with E-state index in [0.717, 1.165) is 11.1 Å². The molecule has 0 aliphatic rings. The first-order valence-electron chi connectivity index (χ1n) is 10.5. The summed E-state index contributed by atoms with van der Waals surface area (Å²) in [4.78, 5) is 40.5. The van der Waals surface area contributed by atoms with Crippen molar-refractivity contribution in [2.75, 3.05) is 7.11 Å². The van der Waals surface area contributed by atoms with Gasteiger partial charge >= 0.3 is 5.97 Å². The van der Waals surface area contributed by atoms with Crippen LogP contribution < -0.4 is 10.6 Å². The van der Waals surface area contributed by atoms with Gasteiger partial charge < -0.3 is 20.4 Å². The smallest absolute Gasteiger partial charge is 0.328 e. The number of carbonyl (C=O) groups excluding carboxylic acids is 3. The van der Waals surface area contributed by atoms with Gasteiger partial charge in [0.15, 0.2) is 0 Å². The van der Waals surface area contributed by atoms with Gasteiger partial charge in [-0.1, -0.05) is 48.5 Å². The van der Waals surface area contributed by atoms with E-state index in [9.17, 15) is 14.4 Å². The number of para-hydroxylation sites is 1. The molecule has 0 aliphatic heterocycles. The van der Waals surface area contributed by atoms with Crippen molar-refractivity contribution in [1.82, 2.24) is 15.6 Å². The number of nitrogens with one attached hydrogen (secondary N) is 3. The molecule has 0 fully saturated rings. The molecular formula is C23H25N3O4. The summed E-state index contributed by atoms with van der Waals surface area (Å²) in [5.41, 5.74) is 1.89. The maximum Gasteiger partial charge on any atom is 0.328 e. The van der Waals surface area contributed by atoms with Crippen molar-refractivity contribution in [2.24, 2.45) is 0 Å². The summed E-state index contributed by atoms with van der Waals surface area (Å²) >= 11 is 0. The van der Waals surface area contributed by atoms with Crippen LogP contribution in [0.4, 0.5) is 0 Å². The number of hydrogen-bond acceptors (Lipinski definition) is 4. The average molecular weight is 409 g/mol. The maximum absolute atomic E-state index is 13.2. The Bertz CT molecular complexity index is 1120. The molecule has 1 aromatic heterocycles.